The van der Waals surface area contributed by atoms with E-state index in [0.717, 1.165) is 24.3 Å². The summed E-state index contributed by atoms with van der Waals surface area (Å²) >= 11 is 1.17. The van der Waals surface area contributed by atoms with Crippen LogP contribution in [-0.4, -0.2) is 58.4 Å². The summed E-state index contributed by atoms with van der Waals surface area (Å²) in [5.41, 5.74) is 1.32. The Morgan fingerprint density at radius 3 is 2.73 bits per heavy atom. The topological polar surface area (TPSA) is 105 Å². The number of thiophene rings is 1. The monoisotopic (exact) mass is 473 g/mol. The molecule has 3 rings (SSSR count). The van der Waals surface area contributed by atoms with Crippen molar-refractivity contribution in [1.29, 1.82) is 0 Å². The normalized spacial score (nSPS) is 12.3. The average molecular weight is 474 g/mol. The average Bonchev–Trinajstić information content (AvgIpc) is 3.10. The fraction of sp³-hybridized carbons (Fsp3) is 0.458. The molecular formula is C24H31N3O5S. The van der Waals surface area contributed by atoms with Gasteiger partial charge in [0.1, 0.15) is 34.0 Å². The Bertz CT molecular complexity index is 1160. The number of aliphatic hydroxyl groups excluding tert-OH is 1. The molecule has 0 fully saturated rings. The van der Waals surface area contributed by atoms with Crippen LogP contribution in [0.25, 0.3) is 10.2 Å². The summed E-state index contributed by atoms with van der Waals surface area (Å²) in [6.07, 6.45) is 0.175. The lowest BCUT2D eigenvalue weighted by atomic mass is 10.2. The van der Waals surface area contributed by atoms with Gasteiger partial charge < -0.3 is 19.6 Å². The molecule has 2 aromatic heterocycles. The van der Waals surface area contributed by atoms with E-state index in [0.29, 0.717) is 39.6 Å². The van der Waals surface area contributed by atoms with Crippen molar-refractivity contribution >= 4 is 27.5 Å². The van der Waals surface area contributed by atoms with Gasteiger partial charge >= 0.3 is 5.97 Å². The zero-order valence-corrected chi connectivity index (χ0v) is 20.3. The van der Waals surface area contributed by atoms with Crippen molar-refractivity contribution in [3.05, 3.63) is 56.4 Å². The minimum Gasteiger partial charge on any atom is -0.491 e. The number of benzene rings is 1. The smallest absolute Gasteiger partial charge is 0.348 e. The highest BCUT2D eigenvalue weighted by molar-refractivity contribution is 7.20. The highest BCUT2D eigenvalue weighted by Crippen LogP contribution is 2.27. The van der Waals surface area contributed by atoms with Crippen LogP contribution >= 0.6 is 11.3 Å². The first-order valence-electron chi connectivity index (χ1n) is 11.1. The molecule has 1 unspecified atom stereocenters. The lowest BCUT2D eigenvalue weighted by Crippen LogP contribution is -2.36. The van der Waals surface area contributed by atoms with Crippen LogP contribution < -0.4 is 10.3 Å². The number of aryl methyl sites for hydroxylation is 2. The summed E-state index contributed by atoms with van der Waals surface area (Å²) in [6.45, 7) is 9.39. The van der Waals surface area contributed by atoms with Crippen molar-refractivity contribution in [2.45, 2.75) is 46.8 Å². The summed E-state index contributed by atoms with van der Waals surface area (Å²) in [5.74, 6) is 0.800. The summed E-state index contributed by atoms with van der Waals surface area (Å²) in [6, 6.07) is 7.68. The van der Waals surface area contributed by atoms with E-state index in [1.54, 1.807) is 13.8 Å². The Balaban J connectivity index is 1.73. The van der Waals surface area contributed by atoms with Gasteiger partial charge in [-0.1, -0.05) is 25.1 Å². The van der Waals surface area contributed by atoms with E-state index < -0.39 is 12.1 Å². The number of carbonyl (C=O) groups excluding carboxylic acids is 1. The second-order valence-corrected chi connectivity index (χ2v) is 8.93. The number of nitrogens with one attached hydrogen (secondary N) is 1. The molecule has 33 heavy (non-hydrogen) atoms. The van der Waals surface area contributed by atoms with Crippen molar-refractivity contribution in [2.75, 3.05) is 26.3 Å². The molecule has 2 heterocycles. The molecule has 0 spiro atoms. The molecule has 1 atom stereocenters. The van der Waals surface area contributed by atoms with E-state index >= 15 is 0 Å². The highest BCUT2D eigenvalue weighted by Gasteiger charge is 2.21. The van der Waals surface area contributed by atoms with Crippen LogP contribution in [0.1, 0.15) is 46.9 Å². The number of hydrogen-bond acceptors (Lipinski definition) is 8. The molecule has 1 aromatic carbocycles. The Hall–Kier alpha value is -2.75. The Kier molecular flexibility index (Phi) is 8.60. The van der Waals surface area contributed by atoms with Crippen molar-refractivity contribution in [3.63, 3.8) is 0 Å². The zero-order valence-electron chi connectivity index (χ0n) is 19.5. The SMILES string of the molecule is CCCN(Cc1nc2sc(C(=O)OCC)c(C)c2c(=O)[nH]1)CC(O)COc1ccccc1C. The number of para-hydroxylation sites is 1. The molecule has 0 saturated carbocycles. The quantitative estimate of drug-likeness (QED) is 0.411. The number of rotatable bonds is 11. The van der Waals surface area contributed by atoms with E-state index in [2.05, 4.69) is 16.9 Å². The molecule has 0 radical (unpaired) electrons. The van der Waals surface area contributed by atoms with Gasteiger partial charge in [-0.2, -0.15) is 0 Å². The molecule has 0 amide bonds. The Labute approximate surface area is 197 Å². The van der Waals surface area contributed by atoms with Crippen molar-refractivity contribution in [3.8, 4) is 5.75 Å². The summed E-state index contributed by atoms with van der Waals surface area (Å²) in [4.78, 5) is 35.3. The maximum absolute atomic E-state index is 12.7. The van der Waals surface area contributed by atoms with Gasteiger partial charge in [0, 0.05) is 6.54 Å². The number of hydrogen-bond donors (Lipinski definition) is 2. The predicted molar refractivity (Wildman–Crippen MR) is 129 cm³/mol. The van der Waals surface area contributed by atoms with E-state index in [9.17, 15) is 14.7 Å². The third-order valence-electron chi connectivity index (χ3n) is 5.22. The zero-order chi connectivity index (χ0) is 24.0. The number of ether oxygens (including phenoxy) is 2. The Morgan fingerprint density at radius 1 is 1.27 bits per heavy atom. The molecule has 9 heteroatoms. The van der Waals surface area contributed by atoms with Crippen LogP contribution in [0.5, 0.6) is 5.75 Å². The number of nitrogens with zero attached hydrogens (tertiary/aromatic N) is 2. The van der Waals surface area contributed by atoms with Gasteiger partial charge in [0.05, 0.1) is 18.5 Å². The molecule has 0 aliphatic heterocycles. The fourth-order valence-electron chi connectivity index (χ4n) is 3.67. The lowest BCUT2D eigenvalue weighted by molar-refractivity contribution is 0.0531. The van der Waals surface area contributed by atoms with Gasteiger partial charge in [0.15, 0.2) is 0 Å². The highest BCUT2D eigenvalue weighted by atomic mass is 32.1. The van der Waals surface area contributed by atoms with Crippen LogP contribution in [0.2, 0.25) is 0 Å². The van der Waals surface area contributed by atoms with E-state index in [4.69, 9.17) is 9.47 Å². The van der Waals surface area contributed by atoms with Gasteiger partial charge in [0.2, 0.25) is 0 Å². The molecule has 2 N–H and O–H groups in total. The van der Waals surface area contributed by atoms with Crippen molar-refractivity contribution < 1.29 is 19.4 Å². The number of carbonyl (C=O) groups is 1. The molecule has 178 valence electrons. The van der Waals surface area contributed by atoms with Gasteiger partial charge in [0.25, 0.3) is 5.56 Å². The minimum absolute atomic E-state index is 0.168. The predicted octanol–water partition coefficient (Wildman–Crippen LogP) is 3.43. The van der Waals surface area contributed by atoms with Gasteiger partial charge in [-0.25, -0.2) is 9.78 Å². The van der Waals surface area contributed by atoms with Crippen LogP contribution in [-0.2, 0) is 11.3 Å². The number of aromatic nitrogens is 2. The molecule has 0 saturated heterocycles. The van der Waals surface area contributed by atoms with Gasteiger partial charge in [-0.3, -0.25) is 9.69 Å². The molecule has 0 aliphatic carbocycles. The van der Waals surface area contributed by atoms with Crippen LogP contribution in [0.15, 0.2) is 29.1 Å². The summed E-state index contributed by atoms with van der Waals surface area (Å²) in [5, 5.41) is 11.0. The number of aromatic amines is 1. The molecular weight excluding hydrogens is 442 g/mol. The maximum Gasteiger partial charge on any atom is 0.348 e. The second kappa shape index (κ2) is 11.4. The summed E-state index contributed by atoms with van der Waals surface area (Å²) < 4.78 is 10.9. The fourth-order valence-corrected chi connectivity index (χ4v) is 4.77. The first-order valence-corrected chi connectivity index (χ1v) is 11.9. The van der Waals surface area contributed by atoms with Gasteiger partial charge in [-0.05, 0) is 50.9 Å². The van der Waals surface area contributed by atoms with E-state index in [-0.39, 0.29) is 18.8 Å². The van der Waals surface area contributed by atoms with Crippen LogP contribution in [0.3, 0.4) is 0 Å². The number of esters is 1. The largest absolute Gasteiger partial charge is 0.491 e. The van der Waals surface area contributed by atoms with Crippen molar-refractivity contribution in [2.24, 2.45) is 0 Å². The van der Waals surface area contributed by atoms with Crippen molar-refractivity contribution in [1.82, 2.24) is 14.9 Å². The Morgan fingerprint density at radius 2 is 2.03 bits per heavy atom. The molecule has 3 aromatic rings. The maximum atomic E-state index is 12.7. The third kappa shape index (κ3) is 6.19. The third-order valence-corrected chi connectivity index (χ3v) is 6.38. The standard InChI is InChI=1S/C24H31N3O5S/c1-5-11-27(12-17(28)14-32-18-10-8-7-9-15(18)3)13-19-25-22(29)20-16(4)21(24(30)31-6-2)33-23(20)26-19/h7-10,17,28H,5-6,11-14H2,1-4H3,(H,25,26,29). The second-order valence-electron chi connectivity index (χ2n) is 7.93. The molecule has 0 aliphatic rings. The first-order chi connectivity index (χ1) is 15.8. The minimum atomic E-state index is -0.703. The van der Waals surface area contributed by atoms with E-state index in [1.807, 2.05) is 36.1 Å². The van der Waals surface area contributed by atoms with E-state index in [1.165, 1.54) is 11.3 Å². The lowest BCUT2D eigenvalue weighted by Gasteiger charge is -2.24. The summed E-state index contributed by atoms with van der Waals surface area (Å²) in [7, 11) is 0. The first kappa shape index (κ1) is 24.9. The van der Waals surface area contributed by atoms with Crippen LogP contribution in [0, 0.1) is 13.8 Å². The number of aliphatic hydroxyl groups is 1. The molecule has 0 bridgehead atoms. The number of H-pyrrole nitrogens is 1. The number of fused-ring (bicyclic) bond motifs is 1. The molecule has 8 nitrogen and oxygen atoms in total. The van der Waals surface area contributed by atoms with Gasteiger partial charge in [-0.15, -0.1) is 11.3 Å². The van der Waals surface area contributed by atoms with Crippen LogP contribution in [0.4, 0.5) is 0 Å².